The lowest BCUT2D eigenvalue weighted by molar-refractivity contribution is 0.284. The van der Waals surface area contributed by atoms with Crippen LogP contribution in [0.15, 0.2) is 47.4 Å². The van der Waals surface area contributed by atoms with Crippen molar-refractivity contribution in [2.75, 3.05) is 26.1 Å². The summed E-state index contributed by atoms with van der Waals surface area (Å²) in [4.78, 5) is 1.99. The van der Waals surface area contributed by atoms with Gasteiger partial charge in [0.25, 0.3) is 0 Å². The third-order valence-electron chi connectivity index (χ3n) is 3.28. The summed E-state index contributed by atoms with van der Waals surface area (Å²) in [6.07, 6.45) is 0. The van der Waals surface area contributed by atoms with Gasteiger partial charge in [-0.15, -0.1) is 0 Å². The van der Waals surface area contributed by atoms with Crippen molar-refractivity contribution in [3.63, 3.8) is 0 Å². The van der Waals surface area contributed by atoms with E-state index in [9.17, 15) is 8.42 Å². The van der Waals surface area contributed by atoms with Gasteiger partial charge in [-0.3, -0.25) is 0 Å². The normalized spacial score (nSPS) is 11.1. The highest BCUT2D eigenvalue weighted by atomic mass is 32.2. The molecule has 6 nitrogen and oxygen atoms in total. The fourth-order valence-electron chi connectivity index (χ4n) is 2.03. The van der Waals surface area contributed by atoms with Gasteiger partial charge in [-0.05, 0) is 29.8 Å². The molecule has 0 aliphatic carbocycles. The second-order valence-corrected chi connectivity index (χ2v) is 6.77. The van der Waals surface area contributed by atoms with Crippen molar-refractivity contribution < 1.29 is 17.9 Å². The Bertz CT molecular complexity index is 788. The third-order valence-corrected chi connectivity index (χ3v) is 4.20. The summed E-state index contributed by atoms with van der Waals surface area (Å²) in [5.74, 6) is 0.774. The molecule has 0 bridgehead atoms. The summed E-state index contributed by atoms with van der Waals surface area (Å²) in [5.41, 5.74) is 2.07. The molecular weight excluding hydrogens is 316 g/mol. The highest BCUT2D eigenvalue weighted by Crippen LogP contribution is 2.30. The molecule has 0 atom stereocenters. The molecular formula is C16H20N2O4S. The first kappa shape index (κ1) is 17.1. The zero-order chi connectivity index (χ0) is 17.0. The zero-order valence-corrected chi connectivity index (χ0v) is 14.1. The largest absolute Gasteiger partial charge is 0.493 e. The molecule has 0 aliphatic rings. The van der Waals surface area contributed by atoms with E-state index in [-0.39, 0.29) is 4.90 Å². The van der Waals surface area contributed by atoms with E-state index in [1.165, 1.54) is 25.3 Å². The third kappa shape index (κ3) is 4.37. The summed E-state index contributed by atoms with van der Waals surface area (Å²) in [5, 5.41) is 5.11. The Hall–Kier alpha value is -2.25. The lowest BCUT2D eigenvalue weighted by atomic mass is 10.2. The molecule has 2 rings (SSSR count). The van der Waals surface area contributed by atoms with E-state index in [0.717, 1.165) is 11.3 Å². The fraction of sp³-hybridized carbons (Fsp3) is 0.250. The molecule has 0 saturated heterocycles. The van der Waals surface area contributed by atoms with Crippen molar-refractivity contribution in [1.82, 2.24) is 0 Å². The number of benzene rings is 2. The van der Waals surface area contributed by atoms with Gasteiger partial charge < -0.3 is 14.4 Å². The second kappa shape index (κ2) is 6.89. The van der Waals surface area contributed by atoms with Gasteiger partial charge in [0.2, 0.25) is 10.0 Å². The molecule has 0 amide bonds. The maximum absolute atomic E-state index is 11.4. The number of anilines is 1. The van der Waals surface area contributed by atoms with Crippen molar-refractivity contribution >= 4 is 15.7 Å². The molecule has 0 spiro atoms. The maximum Gasteiger partial charge on any atom is 0.238 e. The molecule has 0 unspecified atom stereocenters. The van der Waals surface area contributed by atoms with Gasteiger partial charge in [0.05, 0.1) is 12.0 Å². The predicted molar refractivity (Wildman–Crippen MR) is 89.5 cm³/mol. The van der Waals surface area contributed by atoms with Crippen LogP contribution in [0.4, 0.5) is 5.69 Å². The molecule has 0 radical (unpaired) electrons. The standard InChI is InChI=1S/C16H20N2O4S/c1-18(2)13-6-4-5-12(9-13)11-22-15-8-7-14(23(17,19)20)10-16(15)21-3/h4-10H,11H2,1-3H3,(H2,17,19,20). The average Bonchev–Trinajstić information content (AvgIpc) is 2.52. The molecule has 23 heavy (non-hydrogen) atoms. The summed E-state index contributed by atoms with van der Waals surface area (Å²) in [7, 11) is 1.61. The molecule has 2 aromatic rings. The number of ether oxygens (including phenoxy) is 2. The van der Waals surface area contributed by atoms with E-state index in [0.29, 0.717) is 18.1 Å². The number of nitrogens with zero attached hydrogens (tertiary/aromatic N) is 1. The van der Waals surface area contributed by atoms with E-state index in [4.69, 9.17) is 14.6 Å². The minimum atomic E-state index is -3.78. The van der Waals surface area contributed by atoms with Crippen molar-refractivity contribution in [2.24, 2.45) is 5.14 Å². The Kier molecular flexibility index (Phi) is 5.12. The van der Waals surface area contributed by atoms with Crippen LogP contribution in [0.3, 0.4) is 0 Å². The van der Waals surface area contributed by atoms with Crippen molar-refractivity contribution in [2.45, 2.75) is 11.5 Å². The monoisotopic (exact) mass is 336 g/mol. The molecule has 124 valence electrons. The SMILES string of the molecule is COc1cc(S(N)(=O)=O)ccc1OCc1cccc(N(C)C)c1. The molecule has 2 N–H and O–H groups in total. The van der Waals surface area contributed by atoms with Gasteiger partial charge in [-0.2, -0.15) is 0 Å². The minimum Gasteiger partial charge on any atom is -0.493 e. The Morgan fingerprint density at radius 3 is 2.43 bits per heavy atom. The van der Waals surface area contributed by atoms with E-state index in [1.807, 2.05) is 43.3 Å². The van der Waals surface area contributed by atoms with Crippen LogP contribution < -0.4 is 19.5 Å². The zero-order valence-electron chi connectivity index (χ0n) is 13.3. The topological polar surface area (TPSA) is 81.9 Å². The van der Waals surface area contributed by atoms with Gasteiger partial charge in [-0.1, -0.05) is 12.1 Å². The van der Waals surface area contributed by atoms with Crippen molar-refractivity contribution in [3.8, 4) is 11.5 Å². The Morgan fingerprint density at radius 2 is 1.83 bits per heavy atom. The number of rotatable bonds is 6. The van der Waals surface area contributed by atoms with Crippen LogP contribution in [-0.4, -0.2) is 29.6 Å². The average molecular weight is 336 g/mol. The molecule has 0 fully saturated rings. The summed E-state index contributed by atoms with van der Waals surface area (Å²) in [6.45, 7) is 0.340. The molecule has 0 aliphatic heterocycles. The number of sulfonamides is 1. The number of hydrogen-bond donors (Lipinski definition) is 1. The lowest BCUT2D eigenvalue weighted by Gasteiger charge is -2.15. The lowest BCUT2D eigenvalue weighted by Crippen LogP contribution is -2.12. The van der Waals surface area contributed by atoms with Crippen LogP contribution in [0.2, 0.25) is 0 Å². The molecule has 0 aromatic heterocycles. The van der Waals surface area contributed by atoms with Crippen LogP contribution >= 0.6 is 0 Å². The quantitative estimate of drug-likeness (QED) is 0.872. The predicted octanol–water partition coefficient (Wildman–Crippen LogP) is 1.99. The first-order chi connectivity index (χ1) is 10.8. The van der Waals surface area contributed by atoms with Crippen LogP contribution in [0.25, 0.3) is 0 Å². The Morgan fingerprint density at radius 1 is 1.09 bits per heavy atom. The van der Waals surface area contributed by atoms with E-state index in [1.54, 1.807) is 0 Å². The highest BCUT2D eigenvalue weighted by Gasteiger charge is 2.13. The molecule has 7 heteroatoms. The maximum atomic E-state index is 11.4. The van der Waals surface area contributed by atoms with E-state index in [2.05, 4.69) is 0 Å². The van der Waals surface area contributed by atoms with Gasteiger partial charge in [-0.25, -0.2) is 13.6 Å². The first-order valence-electron chi connectivity index (χ1n) is 6.91. The van der Waals surface area contributed by atoms with Crippen molar-refractivity contribution in [3.05, 3.63) is 48.0 Å². The van der Waals surface area contributed by atoms with Gasteiger partial charge in [0.1, 0.15) is 6.61 Å². The number of nitrogens with two attached hydrogens (primary N) is 1. The van der Waals surface area contributed by atoms with Crippen LogP contribution in [-0.2, 0) is 16.6 Å². The highest BCUT2D eigenvalue weighted by molar-refractivity contribution is 7.89. The fourth-order valence-corrected chi connectivity index (χ4v) is 2.56. The number of hydrogen-bond acceptors (Lipinski definition) is 5. The Labute approximate surface area is 136 Å². The van der Waals surface area contributed by atoms with Gasteiger partial charge >= 0.3 is 0 Å². The molecule has 0 heterocycles. The molecule has 2 aromatic carbocycles. The van der Waals surface area contributed by atoms with E-state index >= 15 is 0 Å². The summed E-state index contributed by atoms with van der Waals surface area (Å²) < 4.78 is 33.7. The minimum absolute atomic E-state index is 0.0173. The number of methoxy groups -OCH3 is 1. The van der Waals surface area contributed by atoms with Gasteiger partial charge in [0.15, 0.2) is 11.5 Å². The summed E-state index contributed by atoms with van der Waals surface area (Å²) >= 11 is 0. The molecule has 0 saturated carbocycles. The second-order valence-electron chi connectivity index (χ2n) is 5.21. The van der Waals surface area contributed by atoms with E-state index < -0.39 is 10.0 Å². The van der Waals surface area contributed by atoms with Crippen LogP contribution in [0.1, 0.15) is 5.56 Å². The van der Waals surface area contributed by atoms with Crippen LogP contribution in [0, 0.1) is 0 Å². The smallest absolute Gasteiger partial charge is 0.238 e. The summed E-state index contributed by atoms with van der Waals surface area (Å²) in [6, 6.07) is 12.2. The van der Waals surface area contributed by atoms with Crippen molar-refractivity contribution in [1.29, 1.82) is 0 Å². The first-order valence-corrected chi connectivity index (χ1v) is 8.46. The van der Waals surface area contributed by atoms with Gasteiger partial charge in [0, 0.05) is 25.8 Å². The number of primary sulfonamides is 1. The van der Waals surface area contributed by atoms with Crippen LogP contribution in [0.5, 0.6) is 11.5 Å². The Balaban J connectivity index is 2.19.